The summed E-state index contributed by atoms with van der Waals surface area (Å²) in [5.74, 6) is 1.88. The van der Waals surface area contributed by atoms with E-state index in [0.717, 1.165) is 18.2 Å². The summed E-state index contributed by atoms with van der Waals surface area (Å²) in [6, 6.07) is 0. The van der Waals surface area contributed by atoms with Crippen molar-refractivity contribution in [3.63, 3.8) is 0 Å². The van der Waals surface area contributed by atoms with E-state index in [0.29, 0.717) is 0 Å². The highest BCUT2D eigenvalue weighted by Gasteiger charge is 2.50. The van der Waals surface area contributed by atoms with Crippen molar-refractivity contribution in [3.05, 3.63) is 0 Å². The van der Waals surface area contributed by atoms with Gasteiger partial charge in [-0.3, -0.25) is 0 Å². The summed E-state index contributed by atoms with van der Waals surface area (Å²) in [7, 11) is 0.00621. The maximum atomic E-state index is 6.03. The highest BCUT2D eigenvalue weighted by atomic mass is 16.7. The smallest absolute Gasteiger partial charge is 0.403 e. The van der Waals surface area contributed by atoms with Gasteiger partial charge in [0, 0.05) is 0 Å². The van der Waals surface area contributed by atoms with Crippen LogP contribution in [0.15, 0.2) is 0 Å². The van der Waals surface area contributed by atoms with E-state index < -0.39 is 0 Å². The minimum atomic E-state index is -0.168. The number of rotatable bonds is 4. The van der Waals surface area contributed by atoms with Gasteiger partial charge in [-0.05, 0) is 45.9 Å². The molecule has 2 fully saturated rings. The van der Waals surface area contributed by atoms with E-state index in [1.54, 1.807) is 0 Å². The molecular weight excluding hydrogens is 223 g/mol. The normalized spacial score (nSPS) is 34.2. The van der Waals surface area contributed by atoms with E-state index in [1.807, 2.05) is 0 Å². The van der Waals surface area contributed by atoms with Crippen molar-refractivity contribution in [2.45, 2.75) is 84.2 Å². The van der Waals surface area contributed by atoms with Crippen LogP contribution in [0.4, 0.5) is 0 Å². The molecule has 1 saturated heterocycles. The fourth-order valence-corrected chi connectivity index (χ4v) is 3.28. The predicted molar refractivity (Wildman–Crippen MR) is 76.6 cm³/mol. The third kappa shape index (κ3) is 2.93. The van der Waals surface area contributed by atoms with Crippen LogP contribution in [0.1, 0.15) is 66.7 Å². The first kappa shape index (κ1) is 14.4. The molecule has 2 atom stereocenters. The molecule has 0 bridgehead atoms. The quantitative estimate of drug-likeness (QED) is 0.694. The molecule has 2 aliphatic rings. The molecule has 1 saturated carbocycles. The van der Waals surface area contributed by atoms with E-state index in [1.165, 1.54) is 32.1 Å². The van der Waals surface area contributed by atoms with Gasteiger partial charge in [-0.25, -0.2) is 0 Å². The summed E-state index contributed by atoms with van der Waals surface area (Å²) in [4.78, 5) is 0. The van der Waals surface area contributed by atoms with Gasteiger partial charge >= 0.3 is 7.12 Å². The zero-order chi connectivity index (χ0) is 13.4. The van der Waals surface area contributed by atoms with E-state index in [-0.39, 0.29) is 18.3 Å². The lowest BCUT2D eigenvalue weighted by atomic mass is 9.80. The molecule has 0 aromatic heterocycles. The second-order valence-electron chi connectivity index (χ2n) is 7.29. The first-order valence-electron chi connectivity index (χ1n) is 7.67. The Balaban J connectivity index is 1.72. The topological polar surface area (TPSA) is 18.5 Å². The summed E-state index contributed by atoms with van der Waals surface area (Å²) in [5.41, 5.74) is -0.337. The van der Waals surface area contributed by atoms with Crippen LogP contribution in [0.25, 0.3) is 0 Å². The highest BCUT2D eigenvalue weighted by molar-refractivity contribution is 6.45. The molecule has 0 aromatic rings. The molecule has 0 amide bonds. The van der Waals surface area contributed by atoms with Crippen LogP contribution < -0.4 is 0 Å². The Labute approximate surface area is 113 Å². The lowest BCUT2D eigenvalue weighted by Crippen LogP contribution is -2.41. The predicted octanol–water partition coefficient (Wildman–Crippen LogP) is 4.30. The molecule has 2 rings (SSSR count). The maximum Gasteiger partial charge on any atom is 0.457 e. The monoisotopic (exact) mass is 252 g/mol. The SMILES string of the molecule is CC1CCC[C@@H]1CCCB1OC(C)(C)C(C)(C)O1. The van der Waals surface area contributed by atoms with Crippen molar-refractivity contribution in [2.75, 3.05) is 0 Å². The van der Waals surface area contributed by atoms with Crippen molar-refractivity contribution in [3.8, 4) is 0 Å². The van der Waals surface area contributed by atoms with Crippen LogP contribution in [0.2, 0.25) is 6.32 Å². The average molecular weight is 252 g/mol. The number of hydrogen-bond acceptors (Lipinski definition) is 2. The maximum absolute atomic E-state index is 6.03. The summed E-state index contributed by atoms with van der Waals surface area (Å²) in [6.45, 7) is 10.9. The highest BCUT2D eigenvalue weighted by Crippen LogP contribution is 2.39. The molecule has 1 heterocycles. The van der Waals surface area contributed by atoms with E-state index in [2.05, 4.69) is 34.6 Å². The van der Waals surface area contributed by atoms with Crippen LogP contribution in [0.3, 0.4) is 0 Å². The van der Waals surface area contributed by atoms with Gasteiger partial charge in [0.15, 0.2) is 0 Å². The largest absolute Gasteiger partial charge is 0.457 e. The van der Waals surface area contributed by atoms with Gasteiger partial charge in [0.2, 0.25) is 0 Å². The van der Waals surface area contributed by atoms with E-state index in [9.17, 15) is 0 Å². The Bertz CT molecular complexity index is 272. The summed E-state index contributed by atoms with van der Waals surface area (Å²) in [5, 5.41) is 0. The van der Waals surface area contributed by atoms with Crippen LogP contribution in [0, 0.1) is 11.8 Å². The zero-order valence-electron chi connectivity index (χ0n) is 12.8. The Morgan fingerprint density at radius 3 is 2.17 bits per heavy atom. The van der Waals surface area contributed by atoms with Gasteiger partial charge < -0.3 is 9.31 Å². The Kier molecular flexibility index (Phi) is 4.13. The molecule has 104 valence electrons. The van der Waals surface area contributed by atoms with Crippen LogP contribution in [0.5, 0.6) is 0 Å². The molecule has 0 N–H and O–H groups in total. The van der Waals surface area contributed by atoms with Crippen molar-refractivity contribution >= 4 is 7.12 Å². The van der Waals surface area contributed by atoms with Gasteiger partial charge in [0.05, 0.1) is 11.2 Å². The van der Waals surface area contributed by atoms with Crippen molar-refractivity contribution in [1.82, 2.24) is 0 Å². The third-order valence-electron chi connectivity index (χ3n) is 5.36. The molecule has 1 unspecified atom stereocenters. The summed E-state index contributed by atoms with van der Waals surface area (Å²) in [6.07, 6.45) is 7.95. The standard InChI is InChI=1S/C15H29BO2/c1-12-8-6-9-13(12)10-7-11-16-17-14(2,3)15(4,5)18-16/h12-13H,6-11H2,1-5H3/t12?,13-/m1/s1. The van der Waals surface area contributed by atoms with Gasteiger partial charge in [-0.15, -0.1) is 0 Å². The molecule has 1 aliphatic heterocycles. The molecular formula is C15H29BO2. The minimum absolute atomic E-state index is 0.00621. The van der Waals surface area contributed by atoms with Crippen molar-refractivity contribution in [2.24, 2.45) is 11.8 Å². The van der Waals surface area contributed by atoms with Gasteiger partial charge in [0.25, 0.3) is 0 Å². The fraction of sp³-hybridized carbons (Fsp3) is 1.00. The van der Waals surface area contributed by atoms with Crippen LogP contribution >= 0.6 is 0 Å². The third-order valence-corrected chi connectivity index (χ3v) is 5.36. The molecule has 0 spiro atoms. The molecule has 18 heavy (non-hydrogen) atoms. The van der Waals surface area contributed by atoms with E-state index >= 15 is 0 Å². The first-order chi connectivity index (χ1) is 8.32. The second-order valence-corrected chi connectivity index (χ2v) is 7.29. The average Bonchev–Trinajstić information content (AvgIpc) is 2.70. The molecule has 0 aromatic carbocycles. The summed E-state index contributed by atoms with van der Waals surface area (Å²) >= 11 is 0. The molecule has 3 heteroatoms. The van der Waals surface area contributed by atoms with Gasteiger partial charge in [0.1, 0.15) is 0 Å². The van der Waals surface area contributed by atoms with Crippen LogP contribution in [-0.4, -0.2) is 18.3 Å². The lowest BCUT2D eigenvalue weighted by Gasteiger charge is -2.32. The zero-order valence-corrected chi connectivity index (χ0v) is 12.8. The van der Waals surface area contributed by atoms with Gasteiger partial charge in [-0.2, -0.15) is 0 Å². The van der Waals surface area contributed by atoms with Crippen molar-refractivity contribution in [1.29, 1.82) is 0 Å². The molecule has 0 radical (unpaired) electrons. The van der Waals surface area contributed by atoms with Crippen LogP contribution in [-0.2, 0) is 9.31 Å². The molecule has 2 nitrogen and oxygen atoms in total. The number of hydrogen-bond donors (Lipinski definition) is 0. The summed E-state index contributed by atoms with van der Waals surface area (Å²) < 4.78 is 12.1. The molecule has 1 aliphatic carbocycles. The Morgan fingerprint density at radius 2 is 1.67 bits per heavy atom. The van der Waals surface area contributed by atoms with E-state index in [4.69, 9.17) is 9.31 Å². The Hall–Kier alpha value is -0.0151. The second kappa shape index (κ2) is 5.17. The first-order valence-corrected chi connectivity index (χ1v) is 7.67. The van der Waals surface area contributed by atoms with Gasteiger partial charge in [-0.1, -0.05) is 39.0 Å². The van der Waals surface area contributed by atoms with Crippen molar-refractivity contribution < 1.29 is 9.31 Å². The minimum Gasteiger partial charge on any atom is -0.403 e. The fourth-order valence-electron chi connectivity index (χ4n) is 3.28. The lowest BCUT2D eigenvalue weighted by molar-refractivity contribution is 0.00578. The Morgan fingerprint density at radius 1 is 1.06 bits per heavy atom.